The number of para-hydroxylation sites is 1. The summed E-state index contributed by atoms with van der Waals surface area (Å²) in [4.78, 5) is 14.6. The van der Waals surface area contributed by atoms with Crippen LogP contribution in [0.4, 0.5) is 5.69 Å². The summed E-state index contributed by atoms with van der Waals surface area (Å²) in [7, 11) is 0. The molecule has 1 saturated carbocycles. The van der Waals surface area contributed by atoms with E-state index in [-0.39, 0.29) is 11.9 Å². The molecule has 0 spiro atoms. The molecule has 108 valence electrons. The van der Waals surface area contributed by atoms with Crippen LogP contribution in [-0.2, 0) is 10.2 Å². The number of hydrogen-bond donors (Lipinski definition) is 1. The van der Waals surface area contributed by atoms with Gasteiger partial charge in [0.25, 0.3) is 0 Å². The van der Waals surface area contributed by atoms with Crippen molar-refractivity contribution in [2.45, 2.75) is 51.0 Å². The van der Waals surface area contributed by atoms with E-state index >= 15 is 0 Å². The topological polar surface area (TPSA) is 46.3 Å². The highest BCUT2D eigenvalue weighted by molar-refractivity contribution is 6.07. The number of nitrogens with zero attached hydrogens (tertiary/aromatic N) is 1. The fraction of sp³-hybridized carbons (Fsp3) is 0.588. The maximum atomic E-state index is 12.7. The van der Waals surface area contributed by atoms with E-state index in [0.717, 1.165) is 11.3 Å². The third kappa shape index (κ3) is 2.05. The van der Waals surface area contributed by atoms with Crippen molar-refractivity contribution in [3.05, 3.63) is 29.8 Å². The minimum absolute atomic E-state index is 0.100. The summed E-state index contributed by atoms with van der Waals surface area (Å²) in [5, 5.41) is 0. The predicted octanol–water partition coefficient (Wildman–Crippen LogP) is 2.83. The van der Waals surface area contributed by atoms with E-state index in [1.807, 2.05) is 36.9 Å². The molecule has 0 aromatic heterocycles. The molecule has 2 N–H and O–H groups in total. The van der Waals surface area contributed by atoms with E-state index in [4.69, 9.17) is 5.73 Å². The molecule has 1 unspecified atom stereocenters. The van der Waals surface area contributed by atoms with E-state index in [0.29, 0.717) is 12.5 Å². The lowest BCUT2D eigenvalue weighted by Gasteiger charge is -2.27. The molecule has 2 aliphatic rings. The Labute approximate surface area is 121 Å². The Hall–Kier alpha value is -1.35. The van der Waals surface area contributed by atoms with Crippen LogP contribution in [0.2, 0.25) is 0 Å². The molecule has 1 amide bonds. The molecule has 3 nitrogen and oxygen atoms in total. The number of hydrogen-bond acceptors (Lipinski definition) is 2. The molecule has 0 bridgehead atoms. The van der Waals surface area contributed by atoms with Crippen LogP contribution in [0, 0.1) is 5.92 Å². The zero-order valence-electron chi connectivity index (χ0n) is 12.4. The smallest absolute Gasteiger partial charge is 0.237 e. The third-order valence-corrected chi connectivity index (χ3v) is 5.05. The van der Waals surface area contributed by atoms with Gasteiger partial charge in [0.15, 0.2) is 0 Å². The molecule has 1 atom stereocenters. The van der Waals surface area contributed by atoms with Crippen molar-refractivity contribution in [2.24, 2.45) is 11.7 Å². The second-order valence-corrected chi connectivity index (χ2v) is 6.77. The first kappa shape index (κ1) is 13.6. The Kier molecular flexibility index (Phi) is 3.33. The van der Waals surface area contributed by atoms with Crippen LogP contribution >= 0.6 is 0 Å². The molecule has 1 fully saturated rings. The molecule has 3 heteroatoms. The lowest BCUT2D eigenvalue weighted by atomic mass is 9.86. The van der Waals surface area contributed by atoms with Gasteiger partial charge in [-0.1, -0.05) is 31.0 Å². The zero-order chi connectivity index (χ0) is 14.3. The highest BCUT2D eigenvalue weighted by Gasteiger charge is 2.44. The van der Waals surface area contributed by atoms with Gasteiger partial charge in [0.2, 0.25) is 5.91 Å². The maximum Gasteiger partial charge on any atom is 0.237 e. The quantitative estimate of drug-likeness (QED) is 0.919. The number of carbonyl (C=O) groups excluding carboxylic acids is 1. The highest BCUT2D eigenvalue weighted by atomic mass is 16.2. The van der Waals surface area contributed by atoms with Crippen molar-refractivity contribution in [2.75, 3.05) is 11.4 Å². The summed E-state index contributed by atoms with van der Waals surface area (Å²) < 4.78 is 0. The Morgan fingerprint density at radius 2 is 1.95 bits per heavy atom. The molecule has 1 aliphatic carbocycles. The Morgan fingerprint density at radius 1 is 1.30 bits per heavy atom. The van der Waals surface area contributed by atoms with Gasteiger partial charge in [-0.15, -0.1) is 0 Å². The first-order chi connectivity index (χ1) is 9.51. The normalized spacial score (nSPS) is 23.1. The highest BCUT2D eigenvalue weighted by Crippen LogP contribution is 2.41. The number of carbonyl (C=O) groups is 1. The minimum atomic E-state index is -0.425. The molecular formula is C17H24N2O. The van der Waals surface area contributed by atoms with Crippen LogP contribution in [0.3, 0.4) is 0 Å². The standard InChI is InChI=1S/C17H24N2O/c1-17(2)13-9-5-6-10-15(13)19(16(17)20)11-14(18)12-7-3-4-8-12/h5-6,9-10,12,14H,3-4,7-8,11,18H2,1-2H3. The summed E-state index contributed by atoms with van der Waals surface area (Å²) in [5.41, 5.74) is 8.13. The van der Waals surface area contributed by atoms with E-state index in [1.54, 1.807) is 0 Å². The van der Waals surface area contributed by atoms with Crippen LogP contribution in [0.5, 0.6) is 0 Å². The van der Waals surface area contributed by atoms with Crippen molar-refractivity contribution in [1.82, 2.24) is 0 Å². The third-order valence-electron chi connectivity index (χ3n) is 5.05. The molecule has 1 aromatic carbocycles. The van der Waals surface area contributed by atoms with Crippen LogP contribution in [0.15, 0.2) is 24.3 Å². The molecule has 1 aromatic rings. The molecular weight excluding hydrogens is 248 g/mol. The summed E-state index contributed by atoms with van der Waals surface area (Å²) in [6.07, 6.45) is 5.01. The minimum Gasteiger partial charge on any atom is -0.326 e. The summed E-state index contributed by atoms with van der Waals surface area (Å²) in [6, 6.07) is 8.22. The second kappa shape index (κ2) is 4.88. The van der Waals surface area contributed by atoms with Crippen molar-refractivity contribution in [3.8, 4) is 0 Å². The molecule has 0 radical (unpaired) electrons. The average Bonchev–Trinajstić information content (AvgIpc) is 3.02. The van der Waals surface area contributed by atoms with Crippen molar-refractivity contribution in [1.29, 1.82) is 0 Å². The number of rotatable bonds is 3. The summed E-state index contributed by atoms with van der Waals surface area (Å²) in [5.74, 6) is 0.769. The Balaban J connectivity index is 1.85. The van der Waals surface area contributed by atoms with Gasteiger partial charge in [-0.05, 0) is 44.2 Å². The molecule has 1 heterocycles. The molecule has 3 rings (SSSR count). The number of anilines is 1. The molecule has 20 heavy (non-hydrogen) atoms. The summed E-state index contributed by atoms with van der Waals surface area (Å²) >= 11 is 0. The number of amides is 1. The van der Waals surface area contributed by atoms with Gasteiger partial charge in [-0.3, -0.25) is 4.79 Å². The van der Waals surface area contributed by atoms with Crippen molar-refractivity contribution < 1.29 is 4.79 Å². The summed E-state index contributed by atoms with van der Waals surface area (Å²) in [6.45, 7) is 4.68. The monoisotopic (exact) mass is 272 g/mol. The van der Waals surface area contributed by atoms with Crippen LogP contribution in [0.1, 0.15) is 45.1 Å². The van der Waals surface area contributed by atoms with E-state index in [9.17, 15) is 4.79 Å². The van der Waals surface area contributed by atoms with Crippen LogP contribution in [0.25, 0.3) is 0 Å². The fourth-order valence-electron chi connectivity index (χ4n) is 3.73. The number of benzene rings is 1. The predicted molar refractivity (Wildman–Crippen MR) is 81.8 cm³/mol. The van der Waals surface area contributed by atoms with Gasteiger partial charge < -0.3 is 10.6 Å². The van der Waals surface area contributed by atoms with E-state index < -0.39 is 5.41 Å². The fourth-order valence-corrected chi connectivity index (χ4v) is 3.73. The van der Waals surface area contributed by atoms with Crippen LogP contribution in [-0.4, -0.2) is 18.5 Å². The number of nitrogens with two attached hydrogens (primary N) is 1. The van der Waals surface area contributed by atoms with Gasteiger partial charge in [-0.25, -0.2) is 0 Å². The Morgan fingerprint density at radius 3 is 2.65 bits per heavy atom. The lowest BCUT2D eigenvalue weighted by molar-refractivity contribution is -0.122. The first-order valence-electron chi connectivity index (χ1n) is 7.69. The Bertz CT molecular complexity index is 517. The second-order valence-electron chi connectivity index (χ2n) is 6.77. The van der Waals surface area contributed by atoms with Gasteiger partial charge in [0, 0.05) is 18.3 Å². The van der Waals surface area contributed by atoms with Gasteiger partial charge in [0.05, 0.1) is 5.41 Å². The number of fused-ring (bicyclic) bond motifs is 1. The van der Waals surface area contributed by atoms with Gasteiger partial charge >= 0.3 is 0 Å². The first-order valence-corrected chi connectivity index (χ1v) is 7.69. The van der Waals surface area contributed by atoms with Crippen LogP contribution < -0.4 is 10.6 Å². The molecule has 1 aliphatic heterocycles. The largest absolute Gasteiger partial charge is 0.326 e. The van der Waals surface area contributed by atoms with Crippen molar-refractivity contribution in [3.63, 3.8) is 0 Å². The lowest BCUT2D eigenvalue weighted by Crippen LogP contribution is -2.45. The molecule has 0 saturated heterocycles. The van der Waals surface area contributed by atoms with Crippen molar-refractivity contribution >= 4 is 11.6 Å². The SMILES string of the molecule is CC1(C)C(=O)N(CC(N)C2CCCC2)c2ccccc21. The average molecular weight is 272 g/mol. The van der Waals surface area contributed by atoms with Gasteiger partial charge in [-0.2, -0.15) is 0 Å². The van der Waals surface area contributed by atoms with E-state index in [1.165, 1.54) is 25.7 Å². The van der Waals surface area contributed by atoms with E-state index in [2.05, 4.69) is 6.07 Å². The zero-order valence-corrected chi connectivity index (χ0v) is 12.4. The van der Waals surface area contributed by atoms with Gasteiger partial charge in [0.1, 0.15) is 0 Å². The maximum absolute atomic E-state index is 12.7.